The lowest BCUT2D eigenvalue weighted by Crippen LogP contribution is -2.14. The predicted octanol–water partition coefficient (Wildman–Crippen LogP) is 2.33. The first-order valence-corrected chi connectivity index (χ1v) is 7.50. The van der Waals surface area contributed by atoms with Crippen LogP contribution in [0.15, 0.2) is 47.4 Å². The van der Waals surface area contributed by atoms with E-state index in [1.54, 1.807) is 42.5 Å². The second kappa shape index (κ2) is 6.07. The Kier molecular flexibility index (Phi) is 4.42. The molecule has 1 unspecified atom stereocenters. The average molecular weight is 309 g/mol. The number of anilines is 1. The van der Waals surface area contributed by atoms with Gasteiger partial charge in [-0.3, -0.25) is 9.00 Å². The first kappa shape index (κ1) is 14.6. The van der Waals surface area contributed by atoms with Crippen LogP contribution in [0.1, 0.15) is 15.9 Å². The standard InChI is InChI=1S/C14H13ClN2O2S/c15-10-5-6-13(12(16)7-10)20(19)8-9-3-1-2-4-11(9)14(17)18/h1-7H,8,16H2,(H2,17,18). The van der Waals surface area contributed by atoms with Gasteiger partial charge in [0.15, 0.2) is 0 Å². The molecule has 0 heterocycles. The lowest BCUT2D eigenvalue weighted by Gasteiger charge is -2.08. The predicted molar refractivity (Wildman–Crippen MR) is 80.9 cm³/mol. The molecule has 0 fully saturated rings. The smallest absolute Gasteiger partial charge is 0.249 e. The van der Waals surface area contributed by atoms with Gasteiger partial charge < -0.3 is 11.5 Å². The fourth-order valence-electron chi connectivity index (χ4n) is 1.83. The van der Waals surface area contributed by atoms with Gasteiger partial charge in [0.05, 0.1) is 21.4 Å². The second-order valence-electron chi connectivity index (χ2n) is 4.19. The minimum absolute atomic E-state index is 0.172. The monoisotopic (exact) mass is 308 g/mol. The van der Waals surface area contributed by atoms with E-state index in [0.29, 0.717) is 26.7 Å². The Labute approximate surface area is 124 Å². The number of primary amides is 1. The molecule has 6 heteroatoms. The second-order valence-corrected chi connectivity index (χ2v) is 6.05. The SMILES string of the molecule is NC(=O)c1ccccc1CS(=O)c1ccc(Cl)cc1N. The zero-order chi connectivity index (χ0) is 14.7. The van der Waals surface area contributed by atoms with Crippen molar-refractivity contribution in [1.82, 2.24) is 0 Å². The number of carbonyl (C=O) groups excluding carboxylic acids is 1. The van der Waals surface area contributed by atoms with Crippen LogP contribution in [0.4, 0.5) is 5.69 Å². The number of hydrogen-bond donors (Lipinski definition) is 2. The lowest BCUT2D eigenvalue weighted by atomic mass is 10.1. The normalized spacial score (nSPS) is 12.1. The molecular weight excluding hydrogens is 296 g/mol. The largest absolute Gasteiger partial charge is 0.398 e. The van der Waals surface area contributed by atoms with Crippen LogP contribution in [0.2, 0.25) is 5.02 Å². The summed E-state index contributed by atoms with van der Waals surface area (Å²) in [5.41, 5.74) is 12.5. The average Bonchev–Trinajstić information content (AvgIpc) is 2.38. The minimum atomic E-state index is -1.37. The number of amides is 1. The van der Waals surface area contributed by atoms with E-state index in [2.05, 4.69) is 0 Å². The number of carbonyl (C=O) groups is 1. The van der Waals surface area contributed by atoms with Gasteiger partial charge in [-0.05, 0) is 29.8 Å². The summed E-state index contributed by atoms with van der Waals surface area (Å²) in [5, 5.41) is 0.487. The fourth-order valence-corrected chi connectivity index (χ4v) is 3.24. The van der Waals surface area contributed by atoms with Crippen LogP contribution in [-0.2, 0) is 16.6 Å². The molecule has 0 saturated heterocycles. The molecule has 0 radical (unpaired) electrons. The van der Waals surface area contributed by atoms with Crippen molar-refractivity contribution in [2.45, 2.75) is 10.6 Å². The third-order valence-corrected chi connectivity index (χ3v) is 4.46. The van der Waals surface area contributed by atoms with E-state index >= 15 is 0 Å². The van der Waals surface area contributed by atoms with Crippen LogP contribution in [0, 0.1) is 0 Å². The number of halogens is 1. The Morgan fingerprint density at radius 2 is 1.90 bits per heavy atom. The molecule has 1 atom stereocenters. The van der Waals surface area contributed by atoms with Crippen LogP contribution in [0.25, 0.3) is 0 Å². The van der Waals surface area contributed by atoms with Crippen molar-refractivity contribution in [3.05, 3.63) is 58.6 Å². The molecule has 4 N–H and O–H groups in total. The topological polar surface area (TPSA) is 86.2 Å². The molecule has 2 aromatic rings. The summed E-state index contributed by atoms with van der Waals surface area (Å²) in [6.07, 6.45) is 0. The zero-order valence-corrected chi connectivity index (χ0v) is 12.1. The molecule has 20 heavy (non-hydrogen) atoms. The molecule has 0 aromatic heterocycles. The number of rotatable bonds is 4. The summed E-state index contributed by atoms with van der Waals surface area (Å²) >= 11 is 5.81. The highest BCUT2D eigenvalue weighted by molar-refractivity contribution is 7.84. The molecule has 2 aromatic carbocycles. The third kappa shape index (κ3) is 3.18. The van der Waals surface area contributed by atoms with Gasteiger partial charge in [-0.2, -0.15) is 0 Å². The third-order valence-electron chi connectivity index (χ3n) is 2.79. The molecule has 4 nitrogen and oxygen atoms in total. The van der Waals surface area contributed by atoms with E-state index in [1.165, 1.54) is 0 Å². The maximum atomic E-state index is 12.4. The molecule has 0 aliphatic carbocycles. The van der Waals surface area contributed by atoms with Gasteiger partial charge in [-0.15, -0.1) is 0 Å². The van der Waals surface area contributed by atoms with E-state index < -0.39 is 16.7 Å². The van der Waals surface area contributed by atoms with Crippen molar-refractivity contribution in [3.63, 3.8) is 0 Å². The van der Waals surface area contributed by atoms with Crippen molar-refractivity contribution >= 4 is 34.0 Å². The van der Waals surface area contributed by atoms with Gasteiger partial charge in [-0.25, -0.2) is 0 Å². The molecule has 0 spiro atoms. The van der Waals surface area contributed by atoms with Gasteiger partial charge >= 0.3 is 0 Å². The number of nitrogen functional groups attached to an aromatic ring is 1. The van der Waals surface area contributed by atoms with E-state index in [1.807, 2.05) is 0 Å². The van der Waals surface area contributed by atoms with Crippen molar-refractivity contribution in [2.75, 3.05) is 5.73 Å². The van der Waals surface area contributed by atoms with Crippen molar-refractivity contribution < 1.29 is 9.00 Å². The summed E-state index contributed by atoms with van der Waals surface area (Å²) in [6, 6.07) is 11.6. The van der Waals surface area contributed by atoms with Crippen molar-refractivity contribution in [2.24, 2.45) is 5.73 Å². The van der Waals surface area contributed by atoms with Crippen LogP contribution >= 0.6 is 11.6 Å². The summed E-state index contributed by atoms with van der Waals surface area (Å²) in [6.45, 7) is 0. The van der Waals surface area contributed by atoms with Gasteiger partial charge in [0.25, 0.3) is 0 Å². The molecule has 0 bridgehead atoms. The van der Waals surface area contributed by atoms with Gasteiger partial charge in [0, 0.05) is 16.3 Å². The maximum absolute atomic E-state index is 12.4. The Balaban J connectivity index is 2.30. The zero-order valence-electron chi connectivity index (χ0n) is 10.5. The van der Waals surface area contributed by atoms with Crippen LogP contribution in [-0.4, -0.2) is 10.1 Å². The molecular formula is C14H13ClN2O2S. The Morgan fingerprint density at radius 3 is 2.55 bits per heavy atom. The highest BCUT2D eigenvalue weighted by atomic mass is 35.5. The maximum Gasteiger partial charge on any atom is 0.249 e. The van der Waals surface area contributed by atoms with E-state index in [-0.39, 0.29) is 5.75 Å². The Hall–Kier alpha value is -1.85. The molecule has 0 saturated carbocycles. The minimum Gasteiger partial charge on any atom is -0.398 e. The molecule has 2 rings (SSSR count). The quantitative estimate of drug-likeness (QED) is 0.850. The summed E-state index contributed by atoms with van der Waals surface area (Å²) in [7, 11) is -1.37. The van der Waals surface area contributed by atoms with E-state index in [9.17, 15) is 9.00 Å². The highest BCUT2D eigenvalue weighted by Crippen LogP contribution is 2.23. The molecule has 1 amide bonds. The van der Waals surface area contributed by atoms with Gasteiger partial charge in [0.1, 0.15) is 0 Å². The van der Waals surface area contributed by atoms with Gasteiger partial charge in [0.2, 0.25) is 5.91 Å². The first-order valence-electron chi connectivity index (χ1n) is 5.80. The fraction of sp³-hybridized carbons (Fsp3) is 0.0714. The first-order chi connectivity index (χ1) is 9.49. The van der Waals surface area contributed by atoms with E-state index in [4.69, 9.17) is 23.1 Å². The molecule has 104 valence electrons. The molecule has 0 aliphatic heterocycles. The van der Waals surface area contributed by atoms with Crippen molar-refractivity contribution in [3.8, 4) is 0 Å². The van der Waals surface area contributed by atoms with Gasteiger partial charge in [-0.1, -0.05) is 29.8 Å². The lowest BCUT2D eigenvalue weighted by molar-refractivity contribution is 0.0999. The highest BCUT2D eigenvalue weighted by Gasteiger charge is 2.13. The number of nitrogens with two attached hydrogens (primary N) is 2. The van der Waals surface area contributed by atoms with E-state index in [0.717, 1.165) is 0 Å². The van der Waals surface area contributed by atoms with Crippen molar-refractivity contribution in [1.29, 1.82) is 0 Å². The summed E-state index contributed by atoms with van der Waals surface area (Å²) < 4.78 is 12.4. The Bertz CT molecular complexity index is 689. The Morgan fingerprint density at radius 1 is 1.20 bits per heavy atom. The van der Waals surface area contributed by atoms with Crippen LogP contribution in [0.5, 0.6) is 0 Å². The number of benzene rings is 2. The summed E-state index contributed by atoms with van der Waals surface area (Å²) in [4.78, 5) is 11.8. The molecule has 0 aliphatic rings. The summed E-state index contributed by atoms with van der Waals surface area (Å²) in [5.74, 6) is -0.369. The van der Waals surface area contributed by atoms with Crippen LogP contribution < -0.4 is 11.5 Å². The number of hydrogen-bond acceptors (Lipinski definition) is 3. The van der Waals surface area contributed by atoms with Crippen LogP contribution in [0.3, 0.4) is 0 Å².